The Hall–Kier alpha value is -2.42. The van der Waals surface area contributed by atoms with Crippen LogP contribution in [0.4, 0.5) is 0 Å². The lowest BCUT2D eigenvalue weighted by Crippen LogP contribution is -2.15. The van der Waals surface area contributed by atoms with Gasteiger partial charge in [-0.1, -0.05) is 49.2 Å². The standard InChI is InChI=1S/C20H20O3/c21-19-17-13-7-5-11-15(17)9-3-1-2-4-10-16-12-6-8-14-18(16)20(22)23-19/h5-8,11-14H,1-4,9-10H2. The summed E-state index contributed by atoms with van der Waals surface area (Å²) in [6.07, 6.45) is 6.01. The Morgan fingerprint density at radius 2 is 1.04 bits per heavy atom. The van der Waals surface area contributed by atoms with Gasteiger partial charge in [-0.2, -0.15) is 0 Å². The van der Waals surface area contributed by atoms with E-state index in [4.69, 9.17) is 4.74 Å². The van der Waals surface area contributed by atoms with Gasteiger partial charge in [0.2, 0.25) is 0 Å². The van der Waals surface area contributed by atoms with E-state index in [-0.39, 0.29) is 0 Å². The normalized spacial score (nSPS) is 16.2. The first-order chi connectivity index (χ1) is 11.3. The summed E-state index contributed by atoms with van der Waals surface area (Å²) in [5, 5.41) is 0. The minimum absolute atomic E-state index is 0.498. The molecule has 0 N–H and O–H groups in total. The molecule has 3 nitrogen and oxygen atoms in total. The van der Waals surface area contributed by atoms with E-state index < -0.39 is 11.9 Å². The number of benzene rings is 2. The molecule has 0 aromatic heterocycles. The lowest BCUT2D eigenvalue weighted by atomic mass is 9.99. The predicted octanol–water partition coefficient (Wildman–Crippen LogP) is 4.34. The summed E-state index contributed by atoms with van der Waals surface area (Å²) in [6.45, 7) is 0. The number of carbonyl (C=O) groups is 2. The lowest BCUT2D eigenvalue weighted by Gasteiger charge is -2.09. The second-order valence-electron chi connectivity index (χ2n) is 5.91. The Balaban J connectivity index is 1.93. The van der Waals surface area contributed by atoms with Gasteiger partial charge in [-0.3, -0.25) is 0 Å². The zero-order valence-corrected chi connectivity index (χ0v) is 13.1. The molecule has 0 unspecified atom stereocenters. The highest BCUT2D eigenvalue weighted by atomic mass is 16.6. The third kappa shape index (κ3) is 3.67. The number of rotatable bonds is 0. The summed E-state index contributed by atoms with van der Waals surface area (Å²) in [4.78, 5) is 24.8. The average molecular weight is 308 g/mol. The van der Waals surface area contributed by atoms with Crippen LogP contribution in [-0.2, 0) is 17.6 Å². The fourth-order valence-corrected chi connectivity index (χ4v) is 3.05. The monoisotopic (exact) mass is 308 g/mol. The fourth-order valence-electron chi connectivity index (χ4n) is 3.05. The molecular weight excluding hydrogens is 288 g/mol. The first-order valence-electron chi connectivity index (χ1n) is 8.18. The molecule has 0 amide bonds. The Morgan fingerprint density at radius 1 is 0.609 bits per heavy atom. The average Bonchev–Trinajstić information content (AvgIpc) is 2.58. The van der Waals surface area contributed by atoms with Crippen molar-refractivity contribution in [1.82, 2.24) is 0 Å². The molecule has 0 saturated carbocycles. The number of fused-ring (bicyclic) bond motifs is 2. The smallest absolute Gasteiger partial charge is 0.346 e. The van der Waals surface area contributed by atoms with Crippen LogP contribution < -0.4 is 0 Å². The summed E-state index contributed by atoms with van der Waals surface area (Å²) >= 11 is 0. The maximum Gasteiger partial charge on any atom is 0.346 e. The van der Waals surface area contributed by atoms with E-state index in [0.29, 0.717) is 11.1 Å². The molecule has 0 aliphatic carbocycles. The van der Waals surface area contributed by atoms with Crippen LogP contribution in [0.3, 0.4) is 0 Å². The number of aryl methyl sites for hydroxylation is 2. The number of esters is 2. The van der Waals surface area contributed by atoms with Crippen LogP contribution in [0.2, 0.25) is 0 Å². The summed E-state index contributed by atoms with van der Waals surface area (Å²) in [6, 6.07) is 14.8. The SMILES string of the molecule is O=C1OC(=O)c2ccccc2CCCCCCc2ccccc21. The minimum Gasteiger partial charge on any atom is -0.386 e. The van der Waals surface area contributed by atoms with Gasteiger partial charge in [0.15, 0.2) is 0 Å². The molecule has 118 valence electrons. The summed E-state index contributed by atoms with van der Waals surface area (Å²) in [7, 11) is 0. The molecule has 0 radical (unpaired) electrons. The minimum atomic E-state index is -0.556. The largest absolute Gasteiger partial charge is 0.386 e. The number of cyclic esters (lactones) is 2. The second-order valence-corrected chi connectivity index (χ2v) is 5.91. The molecule has 2 aromatic carbocycles. The van der Waals surface area contributed by atoms with E-state index in [1.165, 1.54) is 0 Å². The first-order valence-corrected chi connectivity index (χ1v) is 8.18. The van der Waals surface area contributed by atoms with Crippen molar-refractivity contribution in [2.24, 2.45) is 0 Å². The molecule has 3 rings (SSSR count). The predicted molar refractivity (Wildman–Crippen MR) is 88.5 cm³/mol. The molecule has 23 heavy (non-hydrogen) atoms. The fraction of sp³-hybridized carbons (Fsp3) is 0.300. The van der Waals surface area contributed by atoms with Gasteiger partial charge < -0.3 is 4.74 Å². The van der Waals surface area contributed by atoms with Crippen LogP contribution >= 0.6 is 0 Å². The van der Waals surface area contributed by atoms with E-state index in [0.717, 1.165) is 49.7 Å². The van der Waals surface area contributed by atoms with Crippen LogP contribution in [0.25, 0.3) is 0 Å². The lowest BCUT2D eigenvalue weighted by molar-refractivity contribution is 0.0396. The summed E-state index contributed by atoms with van der Waals surface area (Å²) in [5.41, 5.74) is 2.91. The quantitative estimate of drug-likeness (QED) is 0.537. The molecule has 2 aromatic rings. The van der Waals surface area contributed by atoms with E-state index in [1.54, 1.807) is 24.3 Å². The van der Waals surface area contributed by atoms with Crippen LogP contribution in [0.15, 0.2) is 48.5 Å². The number of ether oxygens (including phenoxy) is 1. The molecule has 0 bridgehead atoms. The number of carbonyl (C=O) groups excluding carboxylic acids is 2. The van der Waals surface area contributed by atoms with Crippen molar-refractivity contribution < 1.29 is 14.3 Å². The van der Waals surface area contributed by atoms with Gasteiger partial charge >= 0.3 is 11.9 Å². The molecule has 0 spiro atoms. The highest BCUT2D eigenvalue weighted by molar-refractivity contribution is 6.03. The Morgan fingerprint density at radius 3 is 1.52 bits per heavy atom. The molecule has 0 fully saturated rings. The first kappa shape index (κ1) is 15.5. The van der Waals surface area contributed by atoms with Crippen LogP contribution in [0.5, 0.6) is 0 Å². The molecule has 1 aliphatic rings. The Bertz CT molecular complexity index is 657. The maximum absolute atomic E-state index is 12.4. The maximum atomic E-state index is 12.4. The summed E-state index contributed by atoms with van der Waals surface area (Å²) < 4.78 is 5.14. The topological polar surface area (TPSA) is 43.4 Å². The third-order valence-electron chi connectivity index (χ3n) is 4.30. The third-order valence-corrected chi connectivity index (χ3v) is 4.30. The molecule has 0 atom stereocenters. The second kappa shape index (κ2) is 7.23. The van der Waals surface area contributed by atoms with Crippen molar-refractivity contribution in [3.8, 4) is 0 Å². The molecule has 3 heteroatoms. The van der Waals surface area contributed by atoms with Crippen molar-refractivity contribution in [3.05, 3.63) is 70.8 Å². The van der Waals surface area contributed by atoms with Gasteiger partial charge in [0.25, 0.3) is 0 Å². The van der Waals surface area contributed by atoms with Gasteiger partial charge in [0.1, 0.15) is 0 Å². The van der Waals surface area contributed by atoms with Gasteiger partial charge in [-0.05, 0) is 48.9 Å². The van der Waals surface area contributed by atoms with Crippen molar-refractivity contribution in [2.75, 3.05) is 0 Å². The number of hydrogen-bond acceptors (Lipinski definition) is 3. The highest BCUT2D eigenvalue weighted by Gasteiger charge is 2.20. The van der Waals surface area contributed by atoms with Crippen molar-refractivity contribution in [3.63, 3.8) is 0 Å². The van der Waals surface area contributed by atoms with Crippen LogP contribution in [0, 0.1) is 0 Å². The van der Waals surface area contributed by atoms with Crippen LogP contribution in [0.1, 0.15) is 57.5 Å². The zero-order chi connectivity index (χ0) is 16.1. The van der Waals surface area contributed by atoms with Gasteiger partial charge in [-0.15, -0.1) is 0 Å². The van der Waals surface area contributed by atoms with Crippen LogP contribution in [-0.4, -0.2) is 11.9 Å². The molecular formula is C20H20O3. The Labute approximate surface area is 136 Å². The molecule has 1 aliphatic heterocycles. The van der Waals surface area contributed by atoms with Gasteiger partial charge in [0, 0.05) is 0 Å². The highest BCUT2D eigenvalue weighted by Crippen LogP contribution is 2.19. The molecule has 0 saturated heterocycles. The van der Waals surface area contributed by atoms with Gasteiger partial charge in [0.05, 0.1) is 11.1 Å². The zero-order valence-electron chi connectivity index (χ0n) is 13.1. The Kier molecular flexibility index (Phi) is 4.86. The summed E-state index contributed by atoms with van der Waals surface area (Å²) in [5.74, 6) is -1.11. The van der Waals surface area contributed by atoms with E-state index in [1.807, 2.05) is 24.3 Å². The van der Waals surface area contributed by atoms with E-state index in [2.05, 4.69) is 0 Å². The van der Waals surface area contributed by atoms with Crippen molar-refractivity contribution in [1.29, 1.82) is 0 Å². The molecule has 1 heterocycles. The number of hydrogen-bond donors (Lipinski definition) is 0. The van der Waals surface area contributed by atoms with Crippen molar-refractivity contribution >= 4 is 11.9 Å². The van der Waals surface area contributed by atoms with E-state index >= 15 is 0 Å². The van der Waals surface area contributed by atoms with Crippen molar-refractivity contribution in [2.45, 2.75) is 38.5 Å². The van der Waals surface area contributed by atoms with Gasteiger partial charge in [-0.25, -0.2) is 9.59 Å². The van der Waals surface area contributed by atoms with E-state index in [9.17, 15) is 9.59 Å².